The van der Waals surface area contributed by atoms with Crippen molar-refractivity contribution in [3.8, 4) is 11.4 Å². The number of esters is 1. The number of nitrogens with one attached hydrogen (secondary N) is 1. The van der Waals surface area contributed by atoms with E-state index in [0.717, 1.165) is 5.56 Å². The first-order valence-corrected chi connectivity index (χ1v) is 5.25. The van der Waals surface area contributed by atoms with Crippen molar-refractivity contribution >= 4 is 18.2 Å². The van der Waals surface area contributed by atoms with E-state index in [-0.39, 0.29) is 12.5 Å². The van der Waals surface area contributed by atoms with Gasteiger partial charge >= 0.3 is 5.97 Å². The van der Waals surface area contributed by atoms with Crippen LogP contribution in [0.25, 0.3) is 11.4 Å². The molecule has 0 fully saturated rings. The molecule has 88 valence electrons. The van der Waals surface area contributed by atoms with E-state index in [1.165, 1.54) is 7.11 Å². The first kappa shape index (κ1) is 11.5. The van der Waals surface area contributed by atoms with E-state index in [0.29, 0.717) is 10.6 Å². The quantitative estimate of drug-likeness (QED) is 0.654. The molecule has 0 aliphatic heterocycles. The molecule has 7 heteroatoms. The smallest absolute Gasteiger partial charge is 0.325 e. The topological polar surface area (TPSA) is 72.8 Å². The van der Waals surface area contributed by atoms with Gasteiger partial charge in [-0.3, -0.25) is 19.4 Å². The van der Waals surface area contributed by atoms with E-state index >= 15 is 0 Å². The molecule has 0 aromatic carbocycles. The van der Waals surface area contributed by atoms with E-state index in [1.807, 2.05) is 0 Å². The Hall–Kier alpha value is -2.02. The molecule has 0 spiro atoms. The molecule has 2 aromatic heterocycles. The molecule has 0 unspecified atom stereocenters. The summed E-state index contributed by atoms with van der Waals surface area (Å²) < 4.78 is 6.57. The summed E-state index contributed by atoms with van der Waals surface area (Å²) in [4.78, 5) is 15.2. The van der Waals surface area contributed by atoms with Crippen molar-refractivity contribution in [3.05, 3.63) is 29.3 Å². The Bertz CT molecular complexity index is 575. The lowest BCUT2D eigenvalue weighted by molar-refractivity contribution is -0.141. The number of aromatic amines is 1. The van der Waals surface area contributed by atoms with Gasteiger partial charge in [-0.1, -0.05) is 0 Å². The van der Waals surface area contributed by atoms with Crippen molar-refractivity contribution in [1.29, 1.82) is 0 Å². The van der Waals surface area contributed by atoms with Crippen molar-refractivity contribution < 1.29 is 9.53 Å². The van der Waals surface area contributed by atoms with Crippen LogP contribution in [0, 0.1) is 4.77 Å². The van der Waals surface area contributed by atoms with E-state index in [2.05, 4.69) is 19.9 Å². The lowest BCUT2D eigenvalue weighted by Crippen LogP contribution is -2.12. The molecule has 2 aromatic rings. The largest absolute Gasteiger partial charge is 0.468 e. The number of aromatic nitrogens is 4. The number of pyridine rings is 1. The van der Waals surface area contributed by atoms with Crippen LogP contribution in [-0.4, -0.2) is 32.8 Å². The highest BCUT2D eigenvalue weighted by atomic mass is 32.1. The van der Waals surface area contributed by atoms with Crippen LogP contribution < -0.4 is 0 Å². The van der Waals surface area contributed by atoms with E-state index < -0.39 is 0 Å². The first-order chi connectivity index (χ1) is 8.22. The highest BCUT2D eigenvalue weighted by Crippen LogP contribution is 2.15. The number of methoxy groups -OCH3 is 1. The summed E-state index contributed by atoms with van der Waals surface area (Å²) >= 11 is 5.06. The molecular formula is C10H10N4O2S. The Balaban J connectivity index is 2.43. The Kier molecular flexibility index (Phi) is 3.29. The number of carbonyl (C=O) groups is 1. The molecule has 0 saturated carbocycles. The van der Waals surface area contributed by atoms with Gasteiger partial charge in [-0.05, 0) is 24.4 Å². The number of hydrogen-bond acceptors (Lipinski definition) is 5. The molecule has 1 N–H and O–H groups in total. The van der Waals surface area contributed by atoms with Crippen LogP contribution >= 0.6 is 12.2 Å². The van der Waals surface area contributed by atoms with Crippen LogP contribution in [0.4, 0.5) is 0 Å². The third-order valence-corrected chi connectivity index (χ3v) is 2.52. The summed E-state index contributed by atoms with van der Waals surface area (Å²) in [5.41, 5.74) is 0.830. The minimum Gasteiger partial charge on any atom is -0.468 e. The fraction of sp³-hybridized carbons (Fsp3) is 0.200. The maximum atomic E-state index is 11.3. The third-order valence-electron chi connectivity index (χ3n) is 2.21. The van der Waals surface area contributed by atoms with E-state index in [4.69, 9.17) is 12.2 Å². The second-order valence-corrected chi connectivity index (χ2v) is 3.64. The van der Waals surface area contributed by atoms with Crippen LogP contribution in [-0.2, 0) is 16.1 Å². The molecule has 6 nitrogen and oxygen atoms in total. The van der Waals surface area contributed by atoms with Crippen LogP contribution in [0.2, 0.25) is 0 Å². The Morgan fingerprint density at radius 2 is 2.24 bits per heavy atom. The van der Waals surface area contributed by atoms with Gasteiger partial charge in [-0.15, -0.1) is 0 Å². The summed E-state index contributed by atoms with van der Waals surface area (Å²) in [7, 11) is 1.33. The van der Waals surface area contributed by atoms with Crippen LogP contribution in [0.3, 0.4) is 0 Å². The number of H-pyrrole nitrogens is 1. The predicted octanol–water partition coefficient (Wildman–Crippen LogP) is 1.18. The van der Waals surface area contributed by atoms with Gasteiger partial charge in [-0.25, -0.2) is 0 Å². The fourth-order valence-corrected chi connectivity index (χ4v) is 1.58. The van der Waals surface area contributed by atoms with Gasteiger partial charge in [-0.2, -0.15) is 5.10 Å². The summed E-state index contributed by atoms with van der Waals surface area (Å²) in [6.07, 6.45) is 3.30. The molecule has 0 amide bonds. The first-order valence-electron chi connectivity index (χ1n) is 4.85. The predicted molar refractivity (Wildman–Crippen MR) is 62.7 cm³/mol. The summed E-state index contributed by atoms with van der Waals surface area (Å²) in [6, 6.07) is 3.58. The van der Waals surface area contributed by atoms with Crippen molar-refractivity contribution in [2.45, 2.75) is 6.54 Å². The molecule has 0 radical (unpaired) electrons. The number of rotatable bonds is 3. The van der Waals surface area contributed by atoms with Gasteiger partial charge in [0, 0.05) is 18.0 Å². The minimum absolute atomic E-state index is 0.0312. The highest BCUT2D eigenvalue weighted by Gasteiger charge is 2.11. The maximum Gasteiger partial charge on any atom is 0.325 e. The molecule has 0 aliphatic carbocycles. The van der Waals surface area contributed by atoms with Crippen LogP contribution in [0.5, 0.6) is 0 Å². The molecule has 0 atom stereocenters. The zero-order valence-electron chi connectivity index (χ0n) is 9.08. The summed E-state index contributed by atoms with van der Waals surface area (Å²) in [6.45, 7) is 0.0312. The van der Waals surface area contributed by atoms with Gasteiger partial charge in [0.1, 0.15) is 6.54 Å². The normalized spacial score (nSPS) is 10.2. The average molecular weight is 250 g/mol. The minimum atomic E-state index is -0.377. The lowest BCUT2D eigenvalue weighted by Gasteiger charge is -2.04. The van der Waals surface area contributed by atoms with Gasteiger partial charge < -0.3 is 4.74 Å². The van der Waals surface area contributed by atoms with E-state index in [9.17, 15) is 4.79 Å². The molecule has 2 rings (SSSR count). The van der Waals surface area contributed by atoms with E-state index in [1.54, 1.807) is 29.1 Å². The summed E-state index contributed by atoms with van der Waals surface area (Å²) in [5.74, 6) is 0.209. The number of carbonyl (C=O) groups excluding carboxylic acids is 1. The second-order valence-electron chi connectivity index (χ2n) is 3.25. The van der Waals surface area contributed by atoms with Crippen molar-refractivity contribution in [3.63, 3.8) is 0 Å². The van der Waals surface area contributed by atoms with Crippen molar-refractivity contribution in [2.24, 2.45) is 0 Å². The van der Waals surface area contributed by atoms with Crippen molar-refractivity contribution in [1.82, 2.24) is 19.7 Å². The number of ether oxygens (including phenoxy) is 1. The molecule has 0 aliphatic rings. The molecule has 17 heavy (non-hydrogen) atoms. The summed E-state index contributed by atoms with van der Waals surface area (Å²) in [5, 5.41) is 6.74. The maximum absolute atomic E-state index is 11.3. The molecule has 2 heterocycles. The monoisotopic (exact) mass is 250 g/mol. The molecular weight excluding hydrogens is 240 g/mol. The second kappa shape index (κ2) is 4.88. The lowest BCUT2D eigenvalue weighted by atomic mass is 10.2. The van der Waals surface area contributed by atoms with Gasteiger partial charge in [0.05, 0.1) is 7.11 Å². The Morgan fingerprint density at radius 3 is 2.88 bits per heavy atom. The number of hydrogen-bond donors (Lipinski definition) is 1. The zero-order valence-corrected chi connectivity index (χ0v) is 9.90. The average Bonchev–Trinajstić information content (AvgIpc) is 2.72. The van der Waals surface area contributed by atoms with Gasteiger partial charge in [0.2, 0.25) is 0 Å². The Morgan fingerprint density at radius 1 is 1.53 bits per heavy atom. The Labute approximate surface area is 102 Å². The van der Waals surface area contributed by atoms with Crippen LogP contribution in [0.15, 0.2) is 24.5 Å². The van der Waals surface area contributed by atoms with Gasteiger partial charge in [0.25, 0.3) is 0 Å². The third kappa shape index (κ3) is 2.39. The zero-order chi connectivity index (χ0) is 12.3. The number of nitrogens with zero attached hydrogens (tertiary/aromatic N) is 3. The SMILES string of the molecule is COC(=O)Cn1c(-c2ccncc2)n[nH]c1=S. The highest BCUT2D eigenvalue weighted by molar-refractivity contribution is 7.71. The molecule has 0 saturated heterocycles. The fourth-order valence-electron chi connectivity index (χ4n) is 1.38. The van der Waals surface area contributed by atoms with Crippen LogP contribution in [0.1, 0.15) is 0 Å². The standard InChI is InChI=1S/C10H10N4O2S/c1-16-8(15)6-14-9(12-13-10(14)17)7-2-4-11-5-3-7/h2-5H,6H2,1H3,(H,13,17). The molecule has 0 bridgehead atoms. The van der Waals surface area contributed by atoms with Crippen molar-refractivity contribution in [2.75, 3.05) is 7.11 Å². The van der Waals surface area contributed by atoms with Gasteiger partial charge in [0.15, 0.2) is 10.6 Å².